The van der Waals surface area contributed by atoms with Gasteiger partial charge in [0.2, 0.25) is 0 Å². The summed E-state index contributed by atoms with van der Waals surface area (Å²) in [5.74, 6) is -0.255. The first-order chi connectivity index (χ1) is 7.87. The van der Waals surface area contributed by atoms with Gasteiger partial charge in [0.15, 0.2) is 0 Å². The lowest BCUT2D eigenvalue weighted by molar-refractivity contribution is -0.153. The van der Waals surface area contributed by atoms with Gasteiger partial charge in [0, 0.05) is 17.2 Å². The molecular weight excluding hydrogens is 284 g/mol. The summed E-state index contributed by atoms with van der Waals surface area (Å²) >= 11 is 3.31. The number of hydrogen-bond donors (Lipinski definition) is 1. The molecule has 0 aliphatic carbocycles. The van der Waals surface area contributed by atoms with Crippen LogP contribution in [-0.4, -0.2) is 23.1 Å². The number of nitrogens with one attached hydrogen (secondary N) is 1. The summed E-state index contributed by atoms with van der Waals surface area (Å²) in [6.45, 7) is 6.28. The average molecular weight is 301 g/mol. The van der Waals surface area contributed by atoms with Crippen molar-refractivity contribution in [2.75, 3.05) is 6.54 Å². The zero-order valence-corrected chi connectivity index (χ0v) is 11.9. The van der Waals surface area contributed by atoms with Crippen LogP contribution >= 0.6 is 15.9 Å². The Morgan fingerprint density at radius 3 is 2.71 bits per heavy atom. The zero-order valence-electron chi connectivity index (χ0n) is 10.3. The fourth-order valence-electron chi connectivity index (χ4n) is 1.18. The molecule has 1 aromatic rings. The van der Waals surface area contributed by atoms with Crippen molar-refractivity contribution in [1.29, 1.82) is 0 Å². The first kappa shape index (κ1) is 14.1. The molecule has 1 rings (SSSR count). The fourth-order valence-corrected chi connectivity index (χ4v) is 1.42. The van der Waals surface area contributed by atoms with Crippen LogP contribution in [0.15, 0.2) is 22.8 Å². The summed E-state index contributed by atoms with van der Waals surface area (Å²) in [7, 11) is 0. The number of ether oxygens (including phenoxy) is 1. The third-order valence-electron chi connectivity index (χ3n) is 1.78. The van der Waals surface area contributed by atoms with E-state index < -0.39 is 5.60 Å². The zero-order chi connectivity index (χ0) is 12.9. The van der Waals surface area contributed by atoms with E-state index in [0.29, 0.717) is 6.54 Å². The number of esters is 1. The topological polar surface area (TPSA) is 51.2 Å². The molecule has 0 saturated heterocycles. The van der Waals surface area contributed by atoms with Crippen LogP contribution in [0.3, 0.4) is 0 Å². The molecule has 5 heteroatoms. The molecule has 0 amide bonds. The van der Waals surface area contributed by atoms with Crippen molar-refractivity contribution in [2.45, 2.75) is 32.9 Å². The number of carbonyl (C=O) groups excluding carboxylic acids is 1. The summed E-state index contributed by atoms with van der Waals surface area (Å²) in [6.07, 6.45) is 1.73. The normalized spacial score (nSPS) is 11.3. The Balaban J connectivity index is 2.28. The molecule has 17 heavy (non-hydrogen) atoms. The quantitative estimate of drug-likeness (QED) is 0.867. The van der Waals surface area contributed by atoms with E-state index in [1.807, 2.05) is 32.9 Å². The number of carbonyl (C=O) groups is 1. The molecule has 0 aliphatic rings. The van der Waals surface area contributed by atoms with Gasteiger partial charge in [-0.15, -0.1) is 0 Å². The highest BCUT2D eigenvalue weighted by atomic mass is 79.9. The molecule has 94 valence electrons. The van der Waals surface area contributed by atoms with Gasteiger partial charge in [0.1, 0.15) is 5.60 Å². The van der Waals surface area contributed by atoms with Gasteiger partial charge in [0.25, 0.3) is 0 Å². The van der Waals surface area contributed by atoms with Gasteiger partial charge < -0.3 is 10.1 Å². The predicted molar refractivity (Wildman–Crippen MR) is 69.5 cm³/mol. The van der Waals surface area contributed by atoms with Crippen LogP contribution in [0.5, 0.6) is 0 Å². The van der Waals surface area contributed by atoms with Crippen molar-refractivity contribution in [3.05, 3.63) is 28.5 Å². The second-order valence-corrected chi connectivity index (χ2v) is 5.57. The van der Waals surface area contributed by atoms with Crippen molar-refractivity contribution < 1.29 is 9.53 Å². The number of halogens is 1. The number of hydrogen-bond acceptors (Lipinski definition) is 4. The minimum atomic E-state index is -0.436. The van der Waals surface area contributed by atoms with E-state index in [-0.39, 0.29) is 12.5 Å². The Kier molecular flexibility index (Phi) is 5.08. The van der Waals surface area contributed by atoms with Crippen molar-refractivity contribution in [1.82, 2.24) is 10.3 Å². The highest BCUT2D eigenvalue weighted by molar-refractivity contribution is 9.10. The number of rotatable bonds is 4. The molecular formula is C12H17BrN2O2. The first-order valence-corrected chi connectivity index (χ1v) is 6.19. The summed E-state index contributed by atoms with van der Waals surface area (Å²) in [5.41, 5.74) is 0.450. The van der Waals surface area contributed by atoms with Gasteiger partial charge in [-0.2, -0.15) is 0 Å². The van der Waals surface area contributed by atoms with Crippen molar-refractivity contribution in [3.8, 4) is 0 Å². The molecule has 0 radical (unpaired) electrons. The van der Waals surface area contributed by atoms with Gasteiger partial charge in [-0.3, -0.25) is 9.78 Å². The van der Waals surface area contributed by atoms with E-state index in [0.717, 1.165) is 10.2 Å². The Bertz CT molecular complexity index is 371. The highest BCUT2D eigenvalue weighted by Gasteiger charge is 2.15. The standard InChI is InChI=1S/C12H17BrN2O2/c1-12(2,3)17-11(16)8-14-7-10-5-4-9(13)6-15-10/h4-6,14H,7-8H2,1-3H3. The Labute approximate surface area is 110 Å². The number of pyridine rings is 1. The summed E-state index contributed by atoms with van der Waals surface area (Å²) in [4.78, 5) is 15.6. The molecule has 0 bridgehead atoms. The minimum Gasteiger partial charge on any atom is -0.459 e. The van der Waals surface area contributed by atoms with E-state index in [1.54, 1.807) is 6.20 Å². The van der Waals surface area contributed by atoms with E-state index in [9.17, 15) is 4.79 Å². The molecule has 0 aliphatic heterocycles. The van der Waals surface area contributed by atoms with Gasteiger partial charge in [-0.05, 0) is 48.8 Å². The highest BCUT2D eigenvalue weighted by Crippen LogP contribution is 2.08. The maximum absolute atomic E-state index is 11.4. The Hall–Kier alpha value is -0.940. The lowest BCUT2D eigenvalue weighted by Gasteiger charge is -2.19. The van der Waals surface area contributed by atoms with Crippen LogP contribution in [0.1, 0.15) is 26.5 Å². The molecule has 1 aromatic heterocycles. The second-order valence-electron chi connectivity index (χ2n) is 4.66. The summed E-state index contributed by atoms with van der Waals surface area (Å²) in [5, 5.41) is 2.99. The molecule has 0 fully saturated rings. The third kappa shape index (κ3) is 6.38. The van der Waals surface area contributed by atoms with Crippen LogP contribution in [0.2, 0.25) is 0 Å². The van der Waals surface area contributed by atoms with Gasteiger partial charge in [0.05, 0.1) is 12.2 Å². The van der Waals surface area contributed by atoms with Crippen LogP contribution in [0.4, 0.5) is 0 Å². The van der Waals surface area contributed by atoms with Gasteiger partial charge >= 0.3 is 5.97 Å². The smallest absolute Gasteiger partial charge is 0.320 e. The number of nitrogens with zero attached hydrogens (tertiary/aromatic N) is 1. The molecule has 0 spiro atoms. The molecule has 0 aromatic carbocycles. The molecule has 0 saturated carbocycles. The van der Waals surface area contributed by atoms with Crippen LogP contribution in [0, 0.1) is 0 Å². The minimum absolute atomic E-state index is 0.189. The Morgan fingerprint density at radius 2 is 2.18 bits per heavy atom. The van der Waals surface area contributed by atoms with Crippen molar-refractivity contribution in [3.63, 3.8) is 0 Å². The average Bonchev–Trinajstić information content (AvgIpc) is 2.18. The third-order valence-corrected chi connectivity index (χ3v) is 2.25. The predicted octanol–water partition coefficient (Wildman–Crippen LogP) is 2.28. The molecule has 1 heterocycles. The van der Waals surface area contributed by atoms with Crippen LogP contribution in [-0.2, 0) is 16.1 Å². The maximum atomic E-state index is 11.4. The van der Waals surface area contributed by atoms with Crippen LogP contribution < -0.4 is 5.32 Å². The van der Waals surface area contributed by atoms with E-state index in [2.05, 4.69) is 26.2 Å². The monoisotopic (exact) mass is 300 g/mol. The SMILES string of the molecule is CC(C)(C)OC(=O)CNCc1ccc(Br)cn1. The molecule has 4 nitrogen and oxygen atoms in total. The molecule has 0 atom stereocenters. The van der Waals surface area contributed by atoms with Crippen molar-refractivity contribution >= 4 is 21.9 Å². The molecule has 1 N–H and O–H groups in total. The molecule has 0 unspecified atom stereocenters. The second kappa shape index (κ2) is 6.12. The van der Waals surface area contributed by atoms with Crippen molar-refractivity contribution in [2.24, 2.45) is 0 Å². The summed E-state index contributed by atoms with van der Waals surface area (Å²) < 4.78 is 6.10. The van der Waals surface area contributed by atoms with Crippen LogP contribution in [0.25, 0.3) is 0 Å². The lowest BCUT2D eigenvalue weighted by Crippen LogP contribution is -2.31. The maximum Gasteiger partial charge on any atom is 0.320 e. The lowest BCUT2D eigenvalue weighted by atomic mass is 10.2. The van der Waals surface area contributed by atoms with E-state index in [1.165, 1.54) is 0 Å². The largest absolute Gasteiger partial charge is 0.459 e. The van der Waals surface area contributed by atoms with Gasteiger partial charge in [-0.1, -0.05) is 0 Å². The number of aromatic nitrogens is 1. The fraction of sp³-hybridized carbons (Fsp3) is 0.500. The Morgan fingerprint density at radius 1 is 1.47 bits per heavy atom. The van der Waals surface area contributed by atoms with E-state index in [4.69, 9.17) is 4.74 Å². The van der Waals surface area contributed by atoms with Gasteiger partial charge in [-0.25, -0.2) is 0 Å². The van der Waals surface area contributed by atoms with E-state index >= 15 is 0 Å². The summed E-state index contributed by atoms with van der Waals surface area (Å²) in [6, 6.07) is 3.81. The first-order valence-electron chi connectivity index (χ1n) is 5.40.